The number of hydrogen-bond donors (Lipinski definition) is 0. The van der Waals surface area contributed by atoms with Crippen molar-refractivity contribution in [2.24, 2.45) is 0 Å². The molecule has 0 aliphatic carbocycles. The fourth-order valence-electron chi connectivity index (χ4n) is 3.88. The van der Waals surface area contributed by atoms with Gasteiger partial charge in [0, 0.05) is 28.9 Å². The minimum Gasteiger partial charge on any atom is -0.256 e. The number of benzene rings is 3. The highest BCUT2D eigenvalue weighted by Crippen LogP contribution is 2.37. The van der Waals surface area contributed by atoms with Crippen LogP contribution >= 0.6 is 0 Å². The average Bonchev–Trinajstić information content (AvgIpc) is 2.80. The second kappa shape index (κ2) is 7.33. The van der Waals surface area contributed by atoms with Crippen molar-refractivity contribution >= 4 is 10.8 Å². The molecule has 0 saturated heterocycles. The van der Waals surface area contributed by atoms with E-state index < -0.39 is 0 Å². The Bertz CT molecular complexity index is 1290. The topological polar surface area (TPSA) is 25.8 Å². The number of aromatic nitrogens is 2. The fraction of sp³-hybridized carbons (Fsp3) is 0.0370. The van der Waals surface area contributed by atoms with Crippen LogP contribution in [0.1, 0.15) is 5.56 Å². The summed E-state index contributed by atoms with van der Waals surface area (Å²) in [6, 6.07) is 31.5. The van der Waals surface area contributed by atoms with Gasteiger partial charge < -0.3 is 0 Å². The second-order valence-electron chi connectivity index (χ2n) is 7.16. The van der Waals surface area contributed by atoms with Crippen LogP contribution in [-0.2, 0) is 0 Å². The SMILES string of the molecule is Cc1c(-c2ccccn2)cc(-c2ccccc2)cc1-c1nccc2ccccc12. The Morgan fingerprint density at radius 1 is 0.586 bits per heavy atom. The van der Waals surface area contributed by atoms with E-state index in [4.69, 9.17) is 4.98 Å². The minimum atomic E-state index is 0.976. The quantitative estimate of drug-likeness (QED) is 0.343. The molecule has 3 aromatic carbocycles. The fourth-order valence-corrected chi connectivity index (χ4v) is 3.88. The van der Waals surface area contributed by atoms with E-state index in [0.29, 0.717) is 0 Å². The summed E-state index contributed by atoms with van der Waals surface area (Å²) in [6.07, 6.45) is 3.74. The Morgan fingerprint density at radius 2 is 1.34 bits per heavy atom. The third kappa shape index (κ3) is 3.19. The third-order valence-electron chi connectivity index (χ3n) is 5.38. The largest absolute Gasteiger partial charge is 0.256 e. The van der Waals surface area contributed by atoms with E-state index in [1.54, 1.807) is 0 Å². The molecule has 0 saturated carbocycles. The summed E-state index contributed by atoms with van der Waals surface area (Å²) in [4.78, 5) is 9.41. The predicted molar refractivity (Wildman–Crippen MR) is 121 cm³/mol. The molecular weight excluding hydrogens is 352 g/mol. The average molecular weight is 372 g/mol. The van der Waals surface area contributed by atoms with Crippen LogP contribution < -0.4 is 0 Å². The first-order valence-corrected chi connectivity index (χ1v) is 9.77. The van der Waals surface area contributed by atoms with Crippen molar-refractivity contribution in [1.29, 1.82) is 0 Å². The first kappa shape index (κ1) is 17.3. The summed E-state index contributed by atoms with van der Waals surface area (Å²) in [5.74, 6) is 0. The van der Waals surface area contributed by atoms with Crippen LogP contribution in [0.4, 0.5) is 0 Å². The predicted octanol–water partition coefficient (Wildman–Crippen LogP) is 6.94. The normalized spacial score (nSPS) is 10.9. The van der Waals surface area contributed by atoms with Crippen LogP contribution in [0, 0.1) is 6.92 Å². The van der Waals surface area contributed by atoms with E-state index in [1.807, 2.05) is 30.6 Å². The molecule has 0 aliphatic heterocycles. The highest BCUT2D eigenvalue weighted by atomic mass is 14.7. The first-order valence-electron chi connectivity index (χ1n) is 9.77. The van der Waals surface area contributed by atoms with Crippen LogP contribution in [0.5, 0.6) is 0 Å². The van der Waals surface area contributed by atoms with Crippen molar-refractivity contribution in [2.45, 2.75) is 6.92 Å². The van der Waals surface area contributed by atoms with Crippen LogP contribution in [0.25, 0.3) is 44.4 Å². The highest BCUT2D eigenvalue weighted by molar-refractivity contribution is 5.97. The standard InChI is InChI=1S/C27H20N2/c1-19-24(26-13-7-8-15-28-26)17-22(20-9-3-2-4-10-20)18-25(19)27-23-12-6-5-11-21(23)14-16-29-27/h2-18H,1H3. The molecule has 2 aromatic heterocycles. The highest BCUT2D eigenvalue weighted by Gasteiger charge is 2.15. The van der Waals surface area contributed by atoms with Gasteiger partial charge in [0.25, 0.3) is 0 Å². The zero-order valence-electron chi connectivity index (χ0n) is 16.2. The maximum atomic E-state index is 4.79. The summed E-state index contributed by atoms with van der Waals surface area (Å²) >= 11 is 0. The van der Waals surface area contributed by atoms with Crippen LogP contribution in [0.2, 0.25) is 0 Å². The van der Waals surface area contributed by atoms with E-state index in [-0.39, 0.29) is 0 Å². The summed E-state index contributed by atoms with van der Waals surface area (Å²) in [7, 11) is 0. The molecule has 5 aromatic rings. The molecular formula is C27H20N2. The molecule has 138 valence electrons. The monoisotopic (exact) mass is 372 g/mol. The van der Waals surface area contributed by atoms with Crippen molar-refractivity contribution in [2.75, 3.05) is 0 Å². The number of fused-ring (bicyclic) bond motifs is 1. The molecule has 2 heteroatoms. The lowest BCUT2D eigenvalue weighted by atomic mass is 9.90. The zero-order valence-corrected chi connectivity index (χ0v) is 16.2. The van der Waals surface area contributed by atoms with Crippen LogP contribution in [-0.4, -0.2) is 9.97 Å². The molecule has 0 bridgehead atoms. The van der Waals surface area contributed by atoms with E-state index in [0.717, 1.165) is 27.9 Å². The van der Waals surface area contributed by atoms with Gasteiger partial charge in [-0.15, -0.1) is 0 Å². The van der Waals surface area contributed by atoms with Crippen molar-refractivity contribution < 1.29 is 0 Å². The first-order chi connectivity index (χ1) is 14.3. The van der Waals surface area contributed by atoms with Gasteiger partial charge in [-0.25, -0.2) is 0 Å². The number of rotatable bonds is 3. The molecule has 0 N–H and O–H groups in total. The lowest BCUT2D eigenvalue weighted by Gasteiger charge is -2.16. The smallest absolute Gasteiger partial charge is 0.0783 e. The van der Waals surface area contributed by atoms with Gasteiger partial charge in [0.1, 0.15) is 0 Å². The van der Waals surface area contributed by atoms with Crippen molar-refractivity contribution in [3.63, 3.8) is 0 Å². The molecule has 0 spiro atoms. The van der Waals surface area contributed by atoms with Gasteiger partial charge in [0.15, 0.2) is 0 Å². The lowest BCUT2D eigenvalue weighted by molar-refractivity contribution is 1.29. The summed E-state index contributed by atoms with van der Waals surface area (Å²) in [5.41, 5.74) is 7.81. The Morgan fingerprint density at radius 3 is 2.17 bits per heavy atom. The van der Waals surface area contributed by atoms with Gasteiger partial charge in [0.05, 0.1) is 11.4 Å². The molecule has 0 amide bonds. The van der Waals surface area contributed by atoms with E-state index >= 15 is 0 Å². The van der Waals surface area contributed by atoms with E-state index in [2.05, 4.69) is 84.7 Å². The molecule has 0 atom stereocenters. The molecule has 0 aliphatic rings. The number of nitrogens with zero attached hydrogens (tertiary/aromatic N) is 2. The Balaban J connectivity index is 1.83. The molecule has 0 radical (unpaired) electrons. The molecule has 2 nitrogen and oxygen atoms in total. The Hall–Kier alpha value is -3.78. The van der Waals surface area contributed by atoms with Crippen LogP contribution in [0.3, 0.4) is 0 Å². The maximum absolute atomic E-state index is 4.79. The summed E-state index contributed by atoms with van der Waals surface area (Å²) in [5, 5.41) is 2.36. The molecule has 0 unspecified atom stereocenters. The summed E-state index contributed by atoms with van der Waals surface area (Å²) in [6.45, 7) is 2.16. The van der Waals surface area contributed by atoms with Crippen molar-refractivity contribution in [3.05, 3.63) is 109 Å². The Labute approximate surface area is 170 Å². The molecule has 5 rings (SSSR count). The third-order valence-corrected chi connectivity index (χ3v) is 5.38. The van der Waals surface area contributed by atoms with Gasteiger partial charge in [-0.2, -0.15) is 0 Å². The van der Waals surface area contributed by atoms with Crippen molar-refractivity contribution in [1.82, 2.24) is 9.97 Å². The van der Waals surface area contributed by atoms with Crippen molar-refractivity contribution in [3.8, 4) is 33.6 Å². The second-order valence-corrected chi connectivity index (χ2v) is 7.16. The molecule has 29 heavy (non-hydrogen) atoms. The van der Waals surface area contributed by atoms with E-state index in [9.17, 15) is 0 Å². The van der Waals surface area contributed by atoms with Gasteiger partial charge in [-0.05, 0) is 59.3 Å². The van der Waals surface area contributed by atoms with Gasteiger partial charge in [0.2, 0.25) is 0 Å². The van der Waals surface area contributed by atoms with Gasteiger partial charge in [-0.1, -0.05) is 60.7 Å². The molecule has 0 fully saturated rings. The minimum absolute atomic E-state index is 0.976. The maximum Gasteiger partial charge on any atom is 0.0783 e. The van der Waals surface area contributed by atoms with E-state index in [1.165, 1.54) is 22.1 Å². The zero-order chi connectivity index (χ0) is 19.6. The van der Waals surface area contributed by atoms with Gasteiger partial charge in [-0.3, -0.25) is 9.97 Å². The lowest BCUT2D eigenvalue weighted by Crippen LogP contribution is -1.95. The summed E-state index contributed by atoms with van der Waals surface area (Å²) < 4.78 is 0. The van der Waals surface area contributed by atoms with Gasteiger partial charge >= 0.3 is 0 Å². The number of pyridine rings is 2. The Kier molecular flexibility index (Phi) is 4.38. The van der Waals surface area contributed by atoms with Crippen LogP contribution in [0.15, 0.2) is 103 Å². The number of hydrogen-bond acceptors (Lipinski definition) is 2. The molecule has 2 heterocycles.